The lowest BCUT2D eigenvalue weighted by Crippen LogP contribution is -2.04. The molecule has 0 saturated heterocycles. The molecule has 2 N–H and O–H groups in total. The van der Waals surface area contributed by atoms with E-state index in [4.69, 9.17) is 15.2 Å². The van der Waals surface area contributed by atoms with Gasteiger partial charge in [0, 0.05) is 12.7 Å². The number of nitrogens with zero attached hydrogens (tertiary/aromatic N) is 6. The molecule has 31 heavy (non-hydrogen) atoms. The third kappa shape index (κ3) is 4.48. The van der Waals surface area contributed by atoms with E-state index >= 15 is 0 Å². The first-order chi connectivity index (χ1) is 15.1. The maximum absolute atomic E-state index is 14.1. The summed E-state index contributed by atoms with van der Waals surface area (Å²) in [5.41, 5.74) is 9.39. The Hall–Kier alpha value is -3.92. The maximum Gasteiger partial charge on any atom is 0.221 e. The number of pyridine rings is 1. The molecule has 0 atom stereocenters. The van der Waals surface area contributed by atoms with Crippen LogP contribution in [0.1, 0.15) is 11.4 Å². The molecule has 0 aliphatic carbocycles. The molecule has 0 aliphatic heterocycles. The predicted octanol–water partition coefficient (Wildman–Crippen LogP) is 2.72. The van der Waals surface area contributed by atoms with E-state index in [0.29, 0.717) is 35.8 Å². The zero-order valence-electron chi connectivity index (χ0n) is 17.0. The van der Waals surface area contributed by atoms with E-state index in [9.17, 15) is 4.39 Å². The highest BCUT2D eigenvalue weighted by molar-refractivity contribution is 5.72. The molecular formula is C21H20FN7O2. The standard InChI is InChI=1S/C21H20FN7O2/c1-30-12-14-6-3-5-13(24-14)10-29-11-19(27-28-29)18-9-17(25-21(23)26-18)15-7-4-8-16(22)20(15)31-2/h3-9,11H,10,12H2,1-2H3,(H2,23,25,26). The minimum Gasteiger partial charge on any atom is -0.493 e. The Bertz CT molecular complexity index is 1210. The van der Waals surface area contributed by atoms with Gasteiger partial charge < -0.3 is 15.2 Å². The van der Waals surface area contributed by atoms with Gasteiger partial charge in [0.2, 0.25) is 5.95 Å². The molecule has 3 aromatic heterocycles. The number of aromatic nitrogens is 6. The van der Waals surface area contributed by atoms with Gasteiger partial charge in [-0.3, -0.25) is 4.98 Å². The van der Waals surface area contributed by atoms with Crippen molar-refractivity contribution in [3.8, 4) is 28.4 Å². The highest BCUT2D eigenvalue weighted by Crippen LogP contribution is 2.32. The largest absolute Gasteiger partial charge is 0.493 e. The second-order valence-corrected chi connectivity index (χ2v) is 6.67. The predicted molar refractivity (Wildman–Crippen MR) is 111 cm³/mol. The summed E-state index contributed by atoms with van der Waals surface area (Å²) in [7, 11) is 3.02. The minimum absolute atomic E-state index is 0.0299. The number of rotatable bonds is 7. The molecule has 4 rings (SSSR count). The first-order valence-electron chi connectivity index (χ1n) is 9.39. The second kappa shape index (κ2) is 8.84. The number of halogens is 1. The van der Waals surface area contributed by atoms with Crippen molar-refractivity contribution >= 4 is 5.95 Å². The Kier molecular flexibility index (Phi) is 5.80. The highest BCUT2D eigenvalue weighted by Gasteiger charge is 2.16. The maximum atomic E-state index is 14.1. The molecular weight excluding hydrogens is 401 g/mol. The van der Waals surface area contributed by atoms with Crippen molar-refractivity contribution in [3.05, 3.63) is 65.9 Å². The molecule has 0 radical (unpaired) electrons. The van der Waals surface area contributed by atoms with Crippen molar-refractivity contribution in [2.24, 2.45) is 0 Å². The topological polar surface area (TPSA) is 114 Å². The lowest BCUT2D eigenvalue weighted by atomic mass is 10.1. The average Bonchev–Trinajstić information content (AvgIpc) is 3.22. The van der Waals surface area contributed by atoms with E-state index in [2.05, 4.69) is 25.3 Å². The number of nitrogen functional groups attached to an aromatic ring is 1. The molecule has 0 aliphatic rings. The summed E-state index contributed by atoms with van der Waals surface area (Å²) in [5.74, 6) is -0.382. The van der Waals surface area contributed by atoms with E-state index < -0.39 is 5.82 Å². The van der Waals surface area contributed by atoms with Crippen LogP contribution >= 0.6 is 0 Å². The molecule has 0 fully saturated rings. The quantitative estimate of drug-likeness (QED) is 0.485. The van der Waals surface area contributed by atoms with Crippen LogP contribution in [0.2, 0.25) is 0 Å². The van der Waals surface area contributed by atoms with Gasteiger partial charge in [-0.2, -0.15) is 0 Å². The fraction of sp³-hybridized carbons (Fsp3) is 0.190. The number of hydrogen-bond acceptors (Lipinski definition) is 8. The van der Waals surface area contributed by atoms with Crippen LogP contribution < -0.4 is 10.5 Å². The number of benzene rings is 1. The summed E-state index contributed by atoms with van der Waals surface area (Å²) in [5, 5.41) is 8.34. The summed E-state index contributed by atoms with van der Waals surface area (Å²) in [4.78, 5) is 13.0. The Morgan fingerprint density at radius 1 is 0.968 bits per heavy atom. The van der Waals surface area contributed by atoms with Crippen LogP contribution in [0, 0.1) is 5.82 Å². The molecule has 4 aromatic rings. The van der Waals surface area contributed by atoms with Crippen LogP contribution in [0.5, 0.6) is 5.75 Å². The molecule has 0 unspecified atom stereocenters. The third-order valence-electron chi connectivity index (χ3n) is 4.47. The van der Waals surface area contributed by atoms with Gasteiger partial charge in [-0.1, -0.05) is 17.3 Å². The minimum atomic E-state index is -0.493. The lowest BCUT2D eigenvalue weighted by Gasteiger charge is -2.10. The van der Waals surface area contributed by atoms with Crippen molar-refractivity contribution in [2.75, 3.05) is 20.0 Å². The Morgan fingerprint density at radius 2 is 1.74 bits per heavy atom. The Balaban J connectivity index is 1.64. The van der Waals surface area contributed by atoms with Crippen LogP contribution in [0.3, 0.4) is 0 Å². The van der Waals surface area contributed by atoms with Crippen LogP contribution in [-0.4, -0.2) is 44.2 Å². The van der Waals surface area contributed by atoms with Crippen LogP contribution in [0.4, 0.5) is 10.3 Å². The molecule has 3 heterocycles. The average molecular weight is 421 g/mol. The normalized spacial score (nSPS) is 10.9. The molecule has 0 saturated carbocycles. The number of methoxy groups -OCH3 is 2. The monoisotopic (exact) mass is 421 g/mol. The molecule has 0 amide bonds. The Morgan fingerprint density at radius 3 is 2.55 bits per heavy atom. The molecule has 0 bridgehead atoms. The molecule has 9 nitrogen and oxygen atoms in total. The van der Waals surface area contributed by atoms with Crippen molar-refractivity contribution in [1.82, 2.24) is 29.9 Å². The summed E-state index contributed by atoms with van der Waals surface area (Å²) in [6.07, 6.45) is 1.74. The van der Waals surface area contributed by atoms with Gasteiger partial charge >= 0.3 is 0 Å². The molecule has 1 aromatic carbocycles. The summed E-state index contributed by atoms with van der Waals surface area (Å²) in [6.45, 7) is 0.860. The third-order valence-corrected chi connectivity index (χ3v) is 4.47. The van der Waals surface area contributed by atoms with Crippen molar-refractivity contribution < 1.29 is 13.9 Å². The molecule has 0 spiro atoms. The van der Waals surface area contributed by atoms with Crippen LogP contribution in [0.25, 0.3) is 22.6 Å². The number of nitrogens with two attached hydrogens (primary N) is 1. The Labute approximate surface area is 177 Å². The zero-order valence-corrected chi connectivity index (χ0v) is 17.0. The number of ether oxygens (including phenoxy) is 2. The SMILES string of the molecule is COCc1cccc(Cn2cc(-c3cc(-c4cccc(F)c4OC)nc(N)n3)nn2)n1. The zero-order chi connectivity index (χ0) is 21.8. The van der Waals surface area contributed by atoms with Gasteiger partial charge in [-0.05, 0) is 30.3 Å². The number of hydrogen-bond donors (Lipinski definition) is 1. The van der Waals surface area contributed by atoms with Crippen LogP contribution in [0.15, 0.2) is 48.7 Å². The van der Waals surface area contributed by atoms with Gasteiger partial charge in [0.05, 0.1) is 49.2 Å². The number of para-hydroxylation sites is 1. The van der Waals surface area contributed by atoms with Gasteiger partial charge in [0.25, 0.3) is 0 Å². The summed E-state index contributed by atoms with van der Waals surface area (Å²) < 4.78 is 26.1. The molecule has 10 heteroatoms. The van der Waals surface area contributed by atoms with E-state index in [0.717, 1.165) is 11.4 Å². The number of anilines is 1. The smallest absolute Gasteiger partial charge is 0.221 e. The fourth-order valence-electron chi connectivity index (χ4n) is 3.16. The van der Waals surface area contributed by atoms with Crippen molar-refractivity contribution in [3.63, 3.8) is 0 Å². The molecule has 158 valence electrons. The van der Waals surface area contributed by atoms with Gasteiger partial charge in [0.15, 0.2) is 11.6 Å². The van der Waals surface area contributed by atoms with Crippen molar-refractivity contribution in [1.29, 1.82) is 0 Å². The van der Waals surface area contributed by atoms with Gasteiger partial charge in [-0.15, -0.1) is 5.10 Å². The van der Waals surface area contributed by atoms with Crippen molar-refractivity contribution in [2.45, 2.75) is 13.2 Å². The van der Waals surface area contributed by atoms with Gasteiger partial charge in [-0.25, -0.2) is 19.0 Å². The highest BCUT2D eigenvalue weighted by atomic mass is 19.1. The van der Waals surface area contributed by atoms with E-state index in [-0.39, 0.29) is 11.7 Å². The lowest BCUT2D eigenvalue weighted by molar-refractivity contribution is 0.181. The van der Waals surface area contributed by atoms with Gasteiger partial charge in [0.1, 0.15) is 5.69 Å². The van der Waals surface area contributed by atoms with Crippen LogP contribution in [-0.2, 0) is 17.9 Å². The first kappa shape index (κ1) is 20.4. The van der Waals surface area contributed by atoms with E-state index in [1.54, 1.807) is 36.2 Å². The van der Waals surface area contributed by atoms with E-state index in [1.807, 2.05) is 18.2 Å². The first-order valence-corrected chi connectivity index (χ1v) is 9.39. The summed E-state index contributed by atoms with van der Waals surface area (Å²) in [6, 6.07) is 12.0. The fourth-order valence-corrected chi connectivity index (χ4v) is 3.16. The second-order valence-electron chi connectivity index (χ2n) is 6.67. The summed E-state index contributed by atoms with van der Waals surface area (Å²) >= 11 is 0. The van der Waals surface area contributed by atoms with E-state index in [1.165, 1.54) is 13.2 Å².